The minimum absolute atomic E-state index is 0.0237. The number of hydrogen-bond donors (Lipinski definition) is 3. The quantitative estimate of drug-likeness (QED) is 0.635. The largest absolute Gasteiger partial charge is 0.397 e. The maximum atomic E-state index is 11.7. The second kappa shape index (κ2) is 6.31. The smallest absolute Gasteiger partial charge is 0.253 e. The Balaban J connectivity index is 2.51. The number of nitrogens with two attached hydrogens (primary N) is 1. The number of hydrogen-bond acceptors (Lipinski definition) is 5. The number of nitrogens with one attached hydrogen (secondary N) is 2. The van der Waals surface area contributed by atoms with Crippen LogP contribution in [0.1, 0.15) is 17.3 Å². The molecular formula is C10H16N4O3S. The van der Waals surface area contributed by atoms with Crippen molar-refractivity contribution in [1.29, 1.82) is 0 Å². The van der Waals surface area contributed by atoms with Crippen LogP contribution in [0, 0.1) is 0 Å². The SMILES string of the molecule is CCNS(=O)(=O)CCNC(=O)c1ccncc1N. The van der Waals surface area contributed by atoms with E-state index in [0.717, 1.165) is 0 Å². The highest BCUT2D eigenvalue weighted by Crippen LogP contribution is 2.07. The number of nitrogens with zero attached hydrogens (tertiary/aromatic N) is 1. The normalized spacial score (nSPS) is 11.2. The fourth-order valence-corrected chi connectivity index (χ4v) is 2.25. The summed E-state index contributed by atoms with van der Waals surface area (Å²) >= 11 is 0. The Morgan fingerprint density at radius 1 is 1.50 bits per heavy atom. The third-order valence-electron chi connectivity index (χ3n) is 2.12. The molecule has 0 atom stereocenters. The van der Waals surface area contributed by atoms with Crippen LogP contribution in [0.2, 0.25) is 0 Å². The molecule has 0 aromatic carbocycles. The van der Waals surface area contributed by atoms with Crippen LogP contribution in [0.3, 0.4) is 0 Å². The molecule has 0 aliphatic heterocycles. The van der Waals surface area contributed by atoms with Gasteiger partial charge in [-0.1, -0.05) is 6.92 Å². The van der Waals surface area contributed by atoms with Crippen molar-refractivity contribution >= 4 is 21.6 Å². The molecule has 18 heavy (non-hydrogen) atoms. The Hall–Kier alpha value is -1.67. The Kier molecular flexibility index (Phi) is 5.05. The van der Waals surface area contributed by atoms with E-state index in [2.05, 4.69) is 15.0 Å². The molecule has 0 aliphatic carbocycles. The van der Waals surface area contributed by atoms with E-state index in [1.807, 2.05) is 0 Å². The lowest BCUT2D eigenvalue weighted by molar-refractivity contribution is 0.0957. The van der Waals surface area contributed by atoms with Crippen molar-refractivity contribution in [3.05, 3.63) is 24.0 Å². The van der Waals surface area contributed by atoms with E-state index in [1.54, 1.807) is 6.92 Å². The molecule has 1 aromatic heterocycles. The number of anilines is 1. The van der Waals surface area contributed by atoms with Crippen LogP contribution in [0.15, 0.2) is 18.5 Å². The van der Waals surface area contributed by atoms with Gasteiger partial charge >= 0.3 is 0 Å². The second-order valence-corrected chi connectivity index (χ2v) is 5.46. The first-order chi connectivity index (χ1) is 8.46. The molecule has 0 spiro atoms. The van der Waals surface area contributed by atoms with Crippen molar-refractivity contribution in [3.63, 3.8) is 0 Å². The number of pyridine rings is 1. The molecule has 0 fully saturated rings. The third kappa shape index (κ3) is 4.30. The zero-order valence-corrected chi connectivity index (χ0v) is 10.8. The first-order valence-electron chi connectivity index (χ1n) is 5.41. The van der Waals surface area contributed by atoms with Gasteiger partial charge in [-0.2, -0.15) is 0 Å². The summed E-state index contributed by atoms with van der Waals surface area (Å²) in [5.41, 5.74) is 6.11. The maximum Gasteiger partial charge on any atom is 0.253 e. The van der Waals surface area contributed by atoms with Gasteiger partial charge in [0.2, 0.25) is 10.0 Å². The van der Waals surface area contributed by atoms with Crippen LogP contribution in [0.4, 0.5) is 5.69 Å². The molecule has 100 valence electrons. The van der Waals surface area contributed by atoms with Crippen LogP contribution >= 0.6 is 0 Å². The maximum absolute atomic E-state index is 11.7. The molecule has 0 unspecified atom stereocenters. The Morgan fingerprint density at radius 3 is 2.83 bits per heavy atom. The van der Waals surface area contributed by atoms with Crippen molar-refractivity contribution in [3.8, 4) is 0 Å². The molecule has 8 heteroatoms. The second-order valence-electron chi connectivity index (χ2n) is 3.54. The summed E-state index contributed by atoms with van der Waals surface area (Å²) in [6.45, 7) is 2.04. The standard InChI is InChI=1S/C10H16N4O3S/c1-2-14-18(16,17)6-5-13-10(15)8-3-4-12-7-9(8)11/h3-4,7,14H,2,5-6,11H2,1H3,(H,13,15). The van der Waals surface area contributed by atoms with Gasteiger partial charge in [0.05, 0.1) is 23.2 Å². The van der Waals surface area contributed by atoms with Crippen molar-refractivity contribution in [2.45, 2.75) is 6.92 Å². The summed E-state index contributed by atoms with van der Waals surface area (Å²) in [4.78, 5) is 15.4. The average Bonchev–Trinajstić information content (AvgIpc) is 2.29. The Labute approximate surface area is 106 Å². The zero-order valence-electron chi connectivity index (χ0n) is 10.0. The number of carbonyl (C=O) groups is 1. The lowest BCUT2D eigenvalue weighted by atomic mass is 10.2. The van der Waals surface area contributed by atoms with Crippen molar-refractivity contribution < 1.29 is 13.2 Å². The van der Waals surface area contributed by atoms with E-state index in [-0.39, 0.29) is 23.5 Å². The molecule has 0 saturated carbocycles. The van der Waals surface area contributed by atoms with Crippen molar-refractivity contribution in [2.75, 3.05) is 24.6 Å². The summed E-state index contributed by atoms with van der Waals surface area (Å²) in [6.07, 6.45) is 2.81. The monoisotopic (exact) mass is 272 g/mol. The van der Waals surface area contributed by atoms with E-state index in [4.69, 9.17) is 5.73 Å². The van der Waals surface area contributed by atoms with Gasteiger partial charge in [0.15, 0.2) is 0 Å². The van der Waals surface area contributed by atoms with Gasteiger partial charge in [-0.3, -0.25) is 9.78 Å². The highest BCUT2D eigenvalue weighted by Gasteiger charge is 2.12. The number of sulfonamides is 1. The van der Waals surface area contributed by atoms with E-state index in [9.17, 15) is 13.2 Å². The molecule has 0 aliphatic rings. The predicted molar refractivity (Wildman–Crippen MR) is 68.4 cm³/mol. The van der Waals surface area contributed by atoms with Gasteiger partial charge in [-0.25, -0.2) is 13.1 Å². The molecule has 0 saturated heterocycles. The van der Waals surface area contributed by atoms with Crippen LogP contribution in [-0.2, 0) is 10.0 Å². The minimum atomic E-state index is -3.33. The zero-order chi connectivity index (χ0) is 13.6. The molecular weight excluding hydrogens is 256 g/mol. The van der Waals surface area contributed by atoms with Gasteiger partial charge in [0.25, 0.3) is 5.91 Å². The topological polar surface area (TPSA) is 114 Å². The van der Waals surface area contributed by atoms with Gasteiger partial charge in [-0.15, -0.1) is 0 Å². The van der Waals surface area contributed by atoms with E-state index < -0.39 is 15.9 Å². The van der Waals surface area contributed by atoms with Crippen LogP contribution in [-0.4, -0.2) is 38.2 Å². The number of aromatic nitrogens is 1. The van der Waals surface area contributed by atoms with Gasteiger partial charge in [0, 0.05) is 19.3 Å². The number of rotatable bonds is 6. The highest BCUT2D eigenvalue weighted by atomic mass is 32.2. The fourth-order valence-electron chi connectivity index (χ4n) is 1.30. The van der Waals surface area contributed by atoms with Gasteiger partial charge in [0.1, 0.15) is 0 Å². The summed E-state index contributed by atoms with van der Waals surface area (Å²) in [5.74, 6) is -0.584. The van der Waals surface area contributed by atoms with E-state index in [0.29, 0.717) is 6.54 Å². The van der Waals surface area contributed by atoms with E-state index in [1.165, 1.54) is 18.5 Å². The molecule has 4 N–H and O–H groups in total. The predicted octanol–water partition coefficient (Wildman–Crippen LogP) is -0.667. The van der Waals surface area contributed by atoms with E-state index >= 15 is 0 Å². The molecule has 1 heterocycles. The fraction of sp³-hybridized carbons (Fsp3) is 0.400. The minimum Gasteiger partial charge on any atom is -0.397 e. The summed E-state index contributed by atoms with van der Waals surface area (Å²) < 4.78 is 25.0. The summed E-state index contributed by atoms with van der Waals surface area (Å²) in [5, 5.41) is 2.49. The average molecular weight is 272 g/mol. The van der Waals surface area contributed by atoms with Crippen LogP contribution in [0.5, 0.6) is 0 Å². The number of nitrogen functional groups attached to an aromatic ring is 1. The van der Waals surface area contributed by atoms with Crippen LogP contribution in [0.25, 0.3) is 0 Å². The first kappa shape index (κ1) is 14.4. The molecule has 1 aromatic rings. The summed E-state index contributed by atoms with van der Waals surface area (Å²) in [6, 6.07) is 1.48. The van der Waals surface area contributed by atoms with Crippen LogP contribution < -0.4 is 15.8 Å². The highest BCUT2D eigenvalue weighted by molar-refractivity contribution is 7.89. The number of amides is 1. The van der Waals surface area contributed by atoms with Gasteiger partial charge in [-0.05, 0) is 6.07 Å². The molecule has 0 bridgehead atoms. The third-order valence-corrected chi connectivity index (χ3v) is 3.59. The van der Waals surface area contributed by atoms with Crippen molar-refractivity contribution in [2.24, 2.45) is 0 Å². The van der Waals surface area contributed by atoms with Gasteiger partial charge < -0.3 is 11.1 Å². The van der Waals surface area contributed by atoms with Crippen molar-refractivity contribution in [1.82, 2.24) is 15.0 Å². The Bertz CT molecular complexity index is 516. The molecule has 0 radical (unpaired) electrons. The molecule has 1 rings (SSSR count). The number of carbonyl (C=O) groups excluding carboxylic acids is 1. The molecule has 7 nitrogen and oxygen atoms in total. The lowest BCUT2D eigenvalue weighted by Crippen LogP contribution is -2.34. The first-order valence-corrected chi connectivity index (χ1v) is 7.06. The Morgan fingerprint density at radius 2 is 2.22 bits per heavy atom. The summed E-state index contributed by atoms with van der Waals surface area (Å²) in [7, 11) is -3.33. The molecule has 1 amide bonds. The lowest BCUT2D eigenvalue weighted by Gasteiger charge is -2.07.